The molecule has 1 fully saturated rings. The van der Waals surface area contributed by atoms with E-state index in [9.17, 15) is 23.7 Å². The highest BCUT2D eigenvalue weighted by Crippen LogP contribution is 2.52. The van der Waals surface area contributed by atoms with Gasteiger partial charge in [-0.25, -0.2) is 18.5 Å². The molecular weight excluding hydrogens is 583 g/mol. The number of hydrogen-bond donors (Lipinski definition) is 2. The van der Waals surface area contributed by atoms with E-state index in [1.807, 2.05) is 5.38 Å². The first-order chi connectivity index (χ1) is 18.3. The molecule has 0 aliphatic carbocycles. The molecule has 1 aromatic carbocycles. The fraction of sp³-hybridized carbons (Fsp3) is 0.435. The van der Waals surface area contributed by atoms with E-state index in [-0.39, 0.29) is 5.75 Å². The number of ether oxygens (including phenoxy) is 2. The van der Waals surface area contributed by atoms with Crippen LogP contribution >= 0.6 is 31.0 Å². The molecule has 1 aromatic heterocycles. The molecule has 6 atom stereocenters. The van der Waals surface area contributed by atoms with Gasteiger partial charge in [-0.2, -0.15) is 4.98 Å². The van der Waals surface area contributed by atoms with E-state index in [0.717, 1.165) is 0 Å². The van der Waals surface area contributed by atoms with Gasteiger partial charge < -0.3 is 24.8 Å². The summed E-state index contributed by atoms with van der Waals surface area (Å²) in [6.45, 7) is 3.80. The van der Waals surface area contributed by atoms with Crippen molar-refractivity contribution in [1.82, 2.24) is 9.55 Å². The second kappa shape index (κ2) is 12.7. The van der Waals surface area contributed by atoms with Crippen LogP contribution < -0.4 is 15.9 Å². The molecule has 1 unspecified atom stereocenters. The number of halogens is 3. The first-order valence-corrected chi connectivity index (χ1v) is 13.6. The van der Waals surface area contributed by atoms with Crippen LogP contribution in [0.2, 0.25) is 0 Å². The van der Waals surface area contributed by atoms with Gasteiger partial charge in [-0.15, -0.1) is 0 Å². The number of benzene rings is 1. The van der Waals surface area contributed by atoms with Crippen molar-refractivity contribution < 1.29 is 41.9 Å². The van der Waals surface area contributed by atoms with Crippen molar-refractivity contribution in [2.45, 2.75) is 56.3 Å². The number of hydrogen-bond acceptors (Lipinski definition) is 11. The minimum Gasteiger partial charge on any atom is -0.461 e. The summed E-state index contributed by atoms with van der Waals surface area (Å²) in [6.07, 6.45) is -6.01. The Morgan fingerprint density at radius 2 is 2.03 bits per heavy atom. The van der Waals surface area contributed by atoms with E-state index < -0.39 is 73.2 Å². The number of nitrogens with zero attached hydrogens (tertiary/aromatic N) is 2. The summed E-state index contributed by atoms with van der Waals surface area (Å²) < 4.78 is 55.3. The van der Waals surface area contributed by atoms with Crippen LogP contribution in [0, 0.1) is 17.1 Å². The number of rotatable bonds is 10. The number of phosphoric acid groups is 1. The fourth-order valence-corrected chi connectivity index (χ4v) is 5.29. The number of alkyl halides is 1. The first kappa shape index (κ1) is 30.8. The Kier molecular flexibility index (Phi) is 10.0. The molecule has 0 saturated carbocycles. The lowest BCUT2D eigenvalue weighted by atomic mass is 9.99. The lowest BCUT2D eigenvalue weighted by molar-refractivity contribution is -0.156. The smallest absolute Gasteiger partial charge is 0.461 e. The van der Waals surface area contributed by atoms with Gasteiger partial charge in [0.05, 0.1) is 18.9 Å². The average Bonchev–Trinajstić information content (AvgIpc) is 3.10. The molecule has 0 spiro atoms. The second-order valence-electron chi connectivity index (χ2n) is 8.50. The molecule has 12 nitrogen and oxygen atoms in total. The van der Waals surface area contributed by atoms with Crippen LogP contribution in [-0.4, -0.2) is 56.5 Å². The maximum Gasteiger partial charge on any atom is 0.530 e. The van der Waals surface area contributed by atoms with E-state index >= 15 is 0 Å². The first-order valence-electron chi connectivity index (χ1n) is 11.4. The molecule has 0 amide bonds. The Morgan fingerprint density at radius 1 is 1.36 bits per heavy atom. The number of nitrogens with two attached hydrogens (primary N) is 1. The molecule has 0 radical (unpaired) electrons. The maximum atomic E-state index is 14.1. The predicted octanol–water partition coefficient (Wildman–Crippen LogP) is 2.96. The summed E-state index contributed by atoms with van der Waals surface area (Å²) in [6, 6.07) is 7.79. The number of aliphatic hydroxyl groups is 1. The van der Waals surface area contributed by atoms with Crippen LogP contribution in [0.5, 0.6) is 5.75 Å². The number of anilines is 1. The van der Waals surface area contributed by atoms with Crippen LogP contribution in [0.15, 0.2) is 41.3 Å². The Hall–Kier alpha value is -2.69. The van der Waals surface area contributed by atoms with Crippen LogP contribution in [0.3, 0.4) is 0 Å². The molecule has 16 heteroatoms. The molecule has 212 valence electrons. The third kappa shape index (κ3) is 7.29. The highest BCUT2D eigenvalue weighted by molar-refractivity contribution is 7.49. The number of para-hydroxylation sites is 1. The summed E-state index contributed by atoms with van der Waals surface area (Å²) in [5.41, 5.74) is 4.27. The van der Waals surface area contributed by atoms with Gasteiger partial charge in [0.25, 0.3) is 0 Å². The van der Waals surface area contributed by atoms with Gasteiger partial charge in [0.15, 0.2) is 28.8 Å². The van der Waals surface area contributed by atoms with Crippen molar-refractivity contribution in [3.05, 3.63) is 52.8 Å². The molecule has 1 saturated heterocycles. The molecule has 3 N–H and O–H groups in total. The van der Waals surface area contributed by atoms with E-state index in [4.69, 9.17) is 52.0 Å². The lowest BCUT2D eigenvalue weighted by Crippen LogP contribution is -2.43. The summed E-state index contributed by atoms with van der Waals surface area (Å²) in [4.78, 5) is 25.9. The number of carbonyl (C=O) groups is 1. The zero-order chi connectivity index (χ0) is 29.0. The van der Waals surface area contributed by atoms with Crippen LogP contribution in [0.25, 0.3) is 0 Å². The van der Waals surface area contributed by atoms with Crippen molar-refractivity contribution in [2.24, 2.45) is 0 Å². The van der Waals surface area contributed by atoms with Gasteiger partial charge >= 0.3 is 19.5 Å². The molecule has 2 aromatic rings. The van der Waals surface area contributed by atoms with E-state index in [1.165, 1.54) is 19.1 Å². The number of aliphatic hydroxyl groups excluding tert-OH is 1. The number of carbonyl (C=O) groups excluding carboxylic acids is 1. The average molecular weight is 608 g/mol. The number of phosphoric ester groups is 1. The largest absolute Gasteiger partial charge is 0.530 e. The van der Waals surface area contributed by atoms with Gasteiger partial charge in [0.1, 0.15) is 18.0 Å². The molecule has 2 heterocycles. The third-order valence-electron chi connectivity index (χ3n) is 5.20. The molecule has 0 bridgehead atoms. The van der Waals surface area contributed by atoms with Crippen molar-refractivity contribution in [3.8, 4) is 17.0 Å². The highest BCUT2D eigenvalue weighted by Gasteiger charge is 2.57. The summed E-state index contributed by atoms with van der Waals surface area (Å²) in [7, 11) is -4.60. The fourth-order valence-electron chi connectivity index (χ4n) is 3.41. The summed E-state index contributed by atoms with van der Waals surface area (Å²) in [5.74, 6) is -0.167. The SMILES string of the molecule is CC(C)OC(=O)[C@H](C)O[P@](=O)(OC[C@H]1O[C@@H](n2cc(F)c(N)nc2=O)C(Cl)(C#CCl)[C@H]1O)Oc1ccccc1. The summed E-state index contributed by atoms with van der Waals surface area (Å²) >= 11 is 12.0. The van der Waals surface area contributed by atoms with Crippen LogP contribution in [-0.2, 0) is 27.9 Å². The Labute approximate surface area is 232 Å². The normalized spacial score (nSPS) is 24.9. The van der Waals surface area contributed by atoms with E-state index in [1.54, 1.807) is 32.0 Å². The predicted molar refractivity (Wildman–Crippen MR) is 137 cm³/mol. The number of esters is 1. The zero-order valence-electron chi connectivity index (χ0n) is 20.8. The van der Waals surface area contributed by atoms with Gasteiger partial charge in [0.2, 0.25) is 0 Å². The van der Waals surface area contributed by atoms with Gasteiger partial charge in [0, 0.05) is 5.38 Å². The minimum absolute atomic E-state index is 0.0747. The Morgan fingerprint density at radius 3 is 2.64 bits per heavy atom. The van der Waals surface area contributed by atoms with E-state index in [0.29, 0.717) is 10.8 Å². The topological polar surface area (TPSA) is 161 Å². The van der Waals surface area contributed by atoms with Crippen molar-refractivity contribution in [3.63, 3.8) is 0 Å². The van der Waals surface area contributed by atoms with Crippen molar-refractivity contribution >= 4 is 42.8 Å². The van der Waals surface area contributed by atoms with Crippen LogP contribution in [0.4, 0.5) is 10.2 Å². The third-order valence-corrected chi connectivity index (χ3v) is 7.27. The highest BCUT2D eigenvalue weighted by atomic mass is 35.5. The molecule has 39 heavy (non-hydrogen) atoms. The number of nitrogen functional groups attached to an aromatic ring is 1. The molecule has 3 rings (SSSR count). The van der Waals surface area contributed by atoms with E-state index in [2.05, 4.69) is 10.9 Å². The van der Waals surface area contributed by atoms with Crippen molar-refractivity contribution in [2.75, 3.05) is 12.3 Å². The molecule has 1 aliphatic rings. The maximum absolute atomic E-state index is 14.1. The lowest BCUT2D eigenvalue weighted by Gasteiger charge is -2.25. The monoisotopic (exact) mass is 607 g/mol. The van der Waals surface area contributed by atoms with Gasteiger partial charge in [-0.1, -0.05) is 35.7 Å². The minimum atomic E-state index is -4.60. The quantitative estimate of drug-likeness (QED) is 0.177. The number of aromatic nitrogens is 2. The summed E-state index contributed by atoms with van der Waals surface area (Å²) in [5, 5.41) is 12.9. The zero-order valence-corrected chi connectivity index (χ0v) is 23.2. The van der Waals surface area contributed by atoms with Crippen molar-refractivity contribution in [1.29, 1.82) is 0 Å². The van der Waals surface area contributed by atoms with Gasteiger partial charge in [-0.3, -0.25) is 13.6 Å². The van der Waals surface area contributed by atoms with Gasteiger partial charge in [-0.05, 0) is 44.5 Å². The standard InChI is InChI=1S/C23H25Cl2FN3O9P/c1-13(2)35-20(31)14(3)37-39(33,38-15-7-5-4-6-8-15)34-12-17-18(30)23(25,9-10-24)21(36-17)29-11-16(26)19(27)28-22(29)32/h4-8,11,13-14,17-18,21,30H,12H2,1-3H3,(H2,27,28,32)/t14-,17+,18-,21+,23?,39-/m0/s1. The second-order valence-corrected chi connectivity index (χ2v) is 10.9. The Balaban J connectivity index is 1.88. The molecular formula is C23H25Cl2FN3O9P. The van der Waals surface area contributed by atoms with Crippen LogP contribution in [0.1, 0.15) is 27.0 Å². The molecule has 1 aliphatic heterocycles. The Bertz CT molecular complexity index is 1350.